The molecular formula is C32H30F3N5O4S3. The number of anilines is 2. The molecule has 1 spiro atoms. The summed E-state index contributed by atoms with van der Waals surface area (Å²) in [5.74, 6) is -1.52. The number of benzene rings is 2. The van der Waals surface area contributed by atoms with Crippen LogP contribution in [0.5, 0.6) is 0 Å². The van der Waals surface area contributed by atoms with Crippen LogP contribution >= 0.6 is 11.3 Å². The highest BCUT2D eigenvalue weighted by atomic mass is 32.2. The van der Waals surface area contributed by atoms with Gasteiger partial charge in [0.15, 0.2) is 20.5 Å². The Kier molecular flexibility index (Phi) is 7.19. The maximum atomic E-state index is 16.3. The fourth-order valence-corrected chi connectivity index (χ4v) is 13.0. The van der Waals surface area contributed by atoms with Gasteiger partial charge in [-0.25, -0.2) is 45.0 Å². The lowest BCUT2D eigenvalue weighted by atomic mass is 9.67. The molecule has 47 heavy (non-hydrogen) atoms. The zero-order valence-electron chi connectivity index (χ0n) is 24.9. The molecule has 2 bridgehead atoms. The monoisotopic (exact) mass is 701 g/mol. The van der Waals surface area contributed by atoms with Crippen molar-refractivity contribution in [3.05, 3.63) is 71.1 Å². The molecule has 4 aromatic rings. The van der Waals surface area contributed by atoms with E-state index < -0.39 is 47.9 Å². The van der Waals surface area contributed by atoms with Gasteiger partial charge in [0.25, 0.3) is 10.0 Å². The third-order valence-electron chi connectivity index (χ3n) is 10.1. The first kappa shape index (κ1) is 30.8. The molecule has 2 aromatic carbocycles. The lowest BCUT2D eigenvalue weighted by Gasteiger charge is -2.53. The van der Waals surface area contributed by atoms with Crippen molar-refractivity contribution in [3.8, 4) is 21.8 Å². The lowest BCUT2D eigenvalue weighted by molar-refractivity contribution is 0.153. The largest absolute Gasteiger partial charge is 0.351 e. The minimum Gasteiger partial charge on any atom is -0.351 e. The molecule has 0 unspecified atom stereocenters. The van der Waals surface area contributed by atoms with E-state index in [-0.39, 0.29) is 34.4 Å². The molecule has 2 N–H and O–H groups in total. The minimum atomic E-state index is -4.82. The quantitative estimate of drug-likeness (QED) is 0.217. The molecule has 0 atom stereocenters. The maximum Gasteiger partial charge on any atom is 0.267 e. The Bertz CT molecular complexity index is 2080. The van der Waals surface area contributed by atoms with Gasteiger partial charge in [0.2, 0.25) is 5.95 Å². The zero-order chi connectivity index (χ0) is 32.7. The van der Waals surface area contributed by atoms with Gasteiger partial charge in [0, 0.05) is 29.1 Å². The molecule has 3 saturated carbocycles. The van der Waals surface area contributed by atoms with Gasteiger partial charge in [0.1, 0.15) is 11.6 Å². The van der Waals surface area contributed by atoms with Gasteiger partial charge in [-0.05, 0) is 80.7 Å². The highest BCUT2D eigenvalue weighted by molar-refractivity contribution is 7.93. The van der Waals surface area contributed by atoms with Gasteiger partial charge in [-0.3, -0.25) is 4.72 Å². The van der Waals surface area contributed by atoms with Gasteiger partial charge in [0.05, 0.1) is 38.5 Å². The highest BCUT2D eigenvalue weighted by Gasteiger charge is 2.56. The predicted molar refractivity (Wildman–Crippen MR) is 172 cm³/mol. The number of halogens is 3. The van der Waals surface area contributed by atoms with Crippen LogP contribution in [-0.4, -0.2) is 49.3 Å². The van der Waals surface area contributed by atoms with Crippen LogP contribution in [0.25, 0.3) is 21.8 Å². The van der Waals surface area contributed by atoms with Crippen molar-refractivity contribution in [3.63, 3.8) is 0 Å². The number of hydrogen-bond donors (Lipinski definition) is 2. The number of rotatable bonds is 8. The first-order valence-corrected chi connectivity index (χ1v) is 19.6. The maximum absolute atomic E-state index is 16.3. The van der Waals surface area contributed by atoms with Crippen molar-refractivity contribution >= 4 is 42.8 Å². The summed E-state index contributed by atoms with van der Waals surface area (Å²) in [6.45, 7) is 0. The van der Waals surface area contributed by atoms with E-state index in [1.807, 2.05) is 4.72 Å². The molecule has 246 valence electrons. The van der Waals surface area contributed by atoms with E-state index >= 15 is 4.39 Å². The Morgan fingerprint density at radius 3 is 2.21 bits per heavy atom. The molecule has 9 nitrogen and oxygen atoms in total. The average Bonchev–Trinajstić information content (AvgIpc) is 3.71. The molecule has 4 fully saturated rings. The first-order chi connectivity index (χ1) is 22.4. The Morgan fingerprint density at radius 2 is 1.55 bits per heavy atom. The van der Waals surface area contributed by atoms with Crippen molar-refractivity contribution < 1.29 is 30.0 Å². The minimum absolute atomic E-state index is 0.0160. The third-order valence-corrected chi connectivity index (χ3v) is 14.8. The van der Waals surface area contributed by atoms with E-state index in [1.54, 1.807) is 12.3 Å². The van der Waals surface area contributed by atoms with Crippen LogP contribution < -0.4 is 10.0 Å². The topological polar surface area (TPSA) is 131 Å². The number of aromatic nitrogens is 3. The summed E-state index contributed by atoms with van der Waals surface area (Å²) in [7, 11) is -7.75. The molecule has 15 heteroatoms. The molecule has 3 heterocycles. The average molecular weight is 702 g/mol. The summed E-state index contributed by atoms with van der Waals surface area (Å²) in [5.41, 5.74) is 0.178. The van der Waals surface area contributed by atoms with E-state index in [0.717, 1.165) is 48.9 Å². The fourth-order valence-electron chi connectivity index (χ4n) is 8.17. The molecule has 1 saturated heterocycles. The van der Waals surface area contributed by atoms with Crippen LogP contribution in [0.1, 0.15) is 49.5 Å². The summed E-state index contributed by atoms with van der Waals surface area (Å²) < 4.78 is 96.5. The molecule has 4 aliphatic rings. The molecule has 1 aliphatic heterocycles. The van der Waals surface area contributed by atoms with E-state index in [1.165, 1.54) is 29.5 Å². The Morgan fingerprint density at radius 1 is 0.894 bits per heavy atom. The highest BCUT2D eigenvalue weighted by Crippen LogP contribution is 2.56. The smallest absolute Gasteiger partial charge is 0.267 e. The van der Waals surface area contributed by atoms with Crippen LogP contribution in [0.3, 0.4) is 0 Å². The Balaban J connectivity index is 1.14. The van der Waals surface area contributed by atoms with E-state index in [4.69, 9.17) is 9.97 Å². The second-order valence-electron chi connectivity index (χ2n) is 13.3. The summed E-state index contributed by atoms with van der Waals surface area (Å²) in [6, 6.07) is 8.55. The molecule has 3 aliphatic carbocycles. The Hall–Kier alpha value is -3.56. The summed E-state index contributed by atoms with van der Waals surface area (Å²) in [4.78, 5) is 13.5. The van der Waals surface area contributed by atoms with Crippen molar-refractivity contribution in [1.82, 2.24) is 15.0 Å². The standard InChI is InChI=1S/C32H30F3N5O4S3/c33-21-4-2-5-22(34)29(21)47(43,44)40-23-6-1-3-20(26(23)35)27-28(45-30(39-27)25-17-7-8-18(25)10-9-17)24-11-12-36-31(38-24)37-19-13-32(14-19)15-46(41,42)16-32/h1-6,11-12,17-19,25,40H,7-10,13-16H2,(H,36,37,38). The van der Waals surface area contributed by atoms with Gasteiger partial charge in [-0.2, -0.15) is 0 Å². The first-order valence-electron chi connectivity index (χ1n) is 15.5. The zero-order valence-corrected chi connectivity index (χ0v) is 27.4. The predicted octanol–water partition coefficient (Wildman–Crippen LogP) is 6.38. The molecule has 0 amide bonds. The van der Waals surface area contributed by atoms with Crippen molar-refractivity contribution in [2.45, 2.75) is 55.4 Å². The lowest BCUT2D eigenvalue weighted by Crippen LogP contribution is -2.60. The van der Waals surface area contributed by atoms with Crippen LogP contribution in [0.4, 0.5) is 24.8 Å². The SMILES string of the molecule is O=S1(=O)CC2(CC(Nc3nccc(-c4sc(C5C6CCC5CC6)nc4-c4cccc(NS(=O)(=O)c5c(F)cccc5F)c4F)n3)C2)C1. The number of hydrogen-bond acceptors (Lipinski definition) is 9. The number of sulfone groups is 1. The summed E-state index contributed by atoms with van der Waals surface area (Å²) >= 11 is 1.44. The second-order valence-corrected chi connectivity index (χ2v) is 18.0. The van der Waals surface area contributed by atoms with Crippen LogP contribution in [0.15, 0.2) is 53.6 Å². The third kappa shape index (κ3) is 5.39. The van der Waals surface area contributed by atoms with Gasteiger partial charge in [-0.1, -0.05) is 12.1 Å². The van der Waals surface area contributed by atoms with Gasteiger partial charge in [-0.15, -0.1) is 11.3 Å². The van der Waals surface area contributed by atoms with Crippen molar-refractivity contribution in [2.24, 2.45) is 17.3 Å². The van der Waals surface area contributed by atoms with Crippen molar-refractivity contribution in [2.75, 3.05) is 21.5 Å². The molecular weight excluding hydrogens is 672 g/mol. The number of nitrogens with one attached hydrogen (secondary N) is 2. The molecule has 0 radical (unpaired) electrons. The molecule has 2 aromatic heterocycles. The van der Waals surface area contributed by atoms with Gasteiger partial charge < -0.3 is 5.32 Å². The van der Waals surface area contributed by atoms with Crippen LogP contribution in [0.2, 0.25) is 0 Å². The number of thiazole rings is 1. The fraction of sp³-hybridized carbons (Fsp3) is 0.406. The van der Waals surface area contributed by atoms with E-state index in [0.29, 0.717) is 46.9 Å². The van der Waals surface area contributed by atoms with Crippen molar-refractivity contribution in [1.29, 1.82) is 0 Å². The number of nitrogens with zero attached hydrogens (tertiary/aromatic N) is 3. The Labute approximate surface area is 274 Å². The second kappa shape index (κ2) is 11.0. The summed E-state index contributed by atoms with van der Waals surface area (Å²) in [6.07, 6.45) is 7.48. The van der Waals surface area contributed by atoms with Gasteiger partial charge >= 0.3 is 0 Å². The van der Waals surface area contributed by atoms with E-state index in [2.05, 4.69) is 10.3 Å². The summed E-state index contributed by atoms with van der Waals surface area (Å²) in [5, 5.41) is 4.18. The van der Waals surface area contributed by atoms with Crippen LogP contribution in [-0.2, 0) is 19.9 Å². The van der Waals surface area contributed by atoms with Crippen LogP contribution in [0, 0.1) is 34.7 Å². The number of fused-ring (bicyclic) bond motifs is 2. The normalized spacial score (nSPS) is 24.2. The van der Waals surface area contributed by atoms with E-state index in [9.17, 15) is 25.6 Å². The molecule has 8 rings (SSSR count). The number of sulfonamides is 1.